The number of ether oxygens (including phenoxy) is 1. The van der Waals surface area contributed by atoms with Gasteiger partial charge in [0.15, 0.2) is 0 Å². The van der Waals surface area contributed by atoms with Crippen LogP contribution in [0, 0.1) is 0 Å². The standard InChI is InChI=1S/C12H20N2O2S/c1-2-11-14-10(8-17-11)7-13-9-12(15)3-5-16-6-4-12/h8,13,15H,2-7,9H2,1H3. The van der Waals surface area contributed by atoms with E-state index in [0.29, 0.717) is 19.8 Å². The van der Waals surface area contributed by atoms with Gasteiger partial charge in [0.1, 0.15) is 0 Å². The summed E-state index contributed by atoms with van der Waals surface area (Å²) in [6.45, 7) is 4.79. The van der Waals surface area contributed by atoms with E-state index in [4.69, 9.17) is 4.74 Å². The van der Waals surface area contributed by atoms with Crippen molar-refractivity contribution in [1.29, 1.82) is 0 Å². The van der Waals surface area contributed by atoms with Crippen LogP contribution in [-0.4, -0.2) is 35.5 Å². The molecular formula is C12H20N2O2S. The summed E-state index contributed by atoms with van der Waals surface area (Å²) in [5.41, 5.74) is 0.476. The Bertz CT molecular complexity index is 348. The van der Waals surface area contributed by atoms with Crippen LogP contribution in [0.5, 0.6) is 0 Å². The topological polar surface area (TPSA) is 54.4 Å². The molecule has 0 atom stereocenters. The Kier molecular flexibility index (Phi) is 4.50. The first-order chi connectivity index (χ1) is 8.22. The van der Waals surface area contributed by atoms with Gasteiger partial charge in [0.2, 0.25) is 0 Å². The number of nitrogens with zero attached hydrogens (tertiary/aromatic N) is 1. The molecule has 2 rings (SSSR count). The molecule has 2 N–H and O–H groups in total. The molecule has 1 aromatic rings. The highest BCUT2D eigenvalue weighted by Gasteiger charge is 2.29. The fourth-order valence-electron chi connectivity index (χ4n) is 1.94. The Hall–Kier alpha value is -0.490. The van der Waals surface area contributed by atoms with E-state index in [2.05, 4.69) is 22.6 Å². The van der Waals surface area contributed by atoms with Crippen molar-refractivity contribution in [2.75, 3.05) is 19.8 Å². The van der Waals surface area contributed by atoms with Gasteiger partial charge in [-0.2, -0.15) is 0 Å². The molecule has 1 aliphatic heterocycles. The molecule has 1 fully saturated rings. The van der Waals surface area contributed by atoms with E-state index in [1.165, 1.54) is 5.01 Å². The third-order valence-corrected chi connectivity index (χ3v) is 4.13. The van der Waals surface area contributed by atoms with Gasteiger partial charge in [0.25, 0.3) is 0 Å². The molecule has 0 aromatic carbocycles. The lowest BCUT2D eigenvalue weighted by Gasteiger charge is -2.32. The molecule has 5 heteroatoms. The zero-order valence-electron chi connectivity index (χ0n) is 10.2. The lowest BCUT2D eigenvalue weighted by Crippen LogP contribution is -2.44. The van der Waals surface area contributed by atoms with Gasteiger partial charge in [-0.1, -0.05) is 6.92 Å². The van der Waals surface area contributed by atoms with Crippen LogP contribution in [-0.2, 0) is 17.7 Å². The van der Waals surface area contributed by atoms with Crippen molar-refractivity contribution >= 4 is 11.3 Å². The number of thiazole rings is 1. The summed E-state index contributed by atoms with van der Waals surface area (Å²) in [5.74, 6) is 0. The number of aliphatic hydroxyl groups is 1. The van der Waals surface area contributed by atoms with Gasteiger partial charge in [-0.25, -0.2) is 4.98 Å². The summed E-state index contributed by atoms with van der Waals surface area (Å²) in [7, 11) is 0. The molecule has 0 bridgehead atoms. The molecule has 0 aliphatic carbocycles. The highest BCUT2D eigenvalue weighted by atomic mass is 32.1. The Morgan fingerprint density at radius 2 is 2.29 bits per heavy atom. The fraction of sp³-hybridized carbons (Fsp3) is 0.750. The third-order valence-electron chi connectivity index (χ3n) is 3.09. The molecule has 0 amide bonds. The lowest BCUT2D eigenvalue weighted by atomic mass is 9.94. The minimum absolute atomic E-state index is 0.595. The van der Waals surface area contributed by atoms with Crippen LogP contribution < -0.4 is 5.32 Å². The van der Waals surface area contributed by atoms with Crippen LogP contribution in [0.15, 0.2) is 5.38 Å². The molecule has 0 saturated carbocycles. The molecule has 0 spiro atoms. The summed E-state index contributed by atoms with van der Waals surface area (Å²) >= 11 is 1.70. The van der Waals surface area contributed by atoms with Gasteiger partial charge in [0.05, 0.1) is 16.3 Å². The molecule has 4 nitrogen and oxygen atoms in total. The van der Waals surface area contributed by atoms with Crippen LogP contribution in [0.2, 0.25) is 0 Å². The summed E-state index contributed by atoms with van der Waals surface area (Å²) in [4.78, 5) is 4.48. The van der Waals surface area contributed by atoms with Crippen LogP contribution in [0.3, 0.4) is 0 Å². The normalized spacial score (nSPS) is 19.4. The number of nitrogens with one attached hydrogen (secondary N) is 1. The Labute approximate surface area is 106 Å². The molecule has 1 aromatic heterocycles. The number of aryl methyl sites for hydroxylation is 1. The van der Waals surface area contributed by atoms with E-state index in [1.54, 1.807) is 11.3 Å². The van der Waals surface area contributed by atoms with Gasteiger partial charge < -0.3 is 15.2 Å². The second-order valence-electron chi connectivity index (χ2n) is 4.53. The van der Waals surface area contributed by atoms with Crippen molar-refractivity contribution in [3.05, 3.63) is 16.1 Å². The van der Waals surface area contributed by atoms with E-state index in [-0.39, 0.29) is 0 Å². The van der Waals surface area contributed by atoms with E-state index in [9.17, 15) is 5.11 Å². The third kappa shape index (κ3) is 3.74. The molecular weight excluding hydrogens is 236 g/mol. The molecule has 0 radical (unpaired) electrons. The largest absolute Gasteiger partial charge is 0.388 e. The fourth-order valence-corrected chi connectivity index (χ4v) is 2.69. The molecule has 1 saturated heterocycles. The quantitative estimate of drug-likeness (QED) is 0.834. The first kappa shape index (κ1) is 13.0. The van der Waals surface area contributed by atoms with Crippen molar-refractivity contribution in [3.63, 3.8) is 0 Å². The van der Waals surface area contributed by atoms with E-state index >= 15 is 0 Å². The average Bonchev–Trinajstić information content (AvgIpc) is 2.78. The number of hydrogen-bond donors (Lipinski definition) is 2. The molecule has 0 unspecified atom stereocenters. The average molecular weight is 256 g/mol. The van der Waals surface area contributed by atoms with Crippen molar-refractivity contribution < 1.29 is 9.84 Å². The van der Waals surface area contributed by atoms with Crippen LogP contribution in [0.4, 0.5) is 0 Å². The minimum atomic E-state index is -0.595. The Balaban J connectivity index is 1.74. The van der Waals surface area contributed by atoms with Crippen molar-refractivity contribution in [3.8, 4) is 0 Å². The summed E-state index contributed by atoms with van der Waals surface area (Å²) in [5, 5.41) is 16.8. The lowest BCUT2D eigenvalue weighted by molar-refractivity contribution is -0.0617. The van der Waals surface area contributed by atoms with E-state index < -0.39 is 5.60 Å². The van der Waals surface area contributed by atoms with Crippen LogP contribution >= 0.6 is 11.3 Å². The maximum Gasteiger partial charge on any atom is 0.0926 e. The van der Waals surface area contributed by atoms with Crippen molar-refractivity contribution in [1.82, 2.24) is 10.3 Å². The monoisotopic (exact) mass is 256 g/mol. The van der Waals surface area contributed by atoms with Crippen LogP contribution in [0.1, 0.15) is 30.5 Å². The maximum atomic E-state index is 10.2. The summed E-state index contributed by atoms with van der Waals surface area (Å²) < 4.78 is 5.25. The zero-order valence-corrected chi connectivity index (χ0v) is 11.1. The summed E-state index contributed by atoms with van der Waals surface area (Å²) in [6, 6.07) is 0. The molecule has 2 heterocycles. The predicted octanol–water partition coefficient (Wildman–Crippen LogP) is 1.34. The SMILES string of the molecule is CCc1nc(CNCC2(O)CCOCC2)cs1. The molecule has 17 heavy (non-hydrogen) atoms. The van der Waals surface area contributed by atoms with E-state index in [1.807, 2.05) is 0 Å². The number of aromatic nitrogens is 1. The second kappa shape index (κ2) is 5.91. The van der Waals surface area contributed by atoms with Gasteiger partial charge in [-0.15, -0.1) is 11.3 Å². The zero-order chi connectivity index (χ0) is 12.1. The molecule has 96 valence electrons. The first-order valence-electron chi connectivity index (χ1n) is 6.16. The van der Waals surface area contributed by atoms with E-state index in [0.717, 1.165) is 31.5 Å². The van der Waals surface area contributed by atoms with Gasteiger partial charge >= 0.3 is 0 Å². The van der Waals surface area contributed by atoms with Gasteiger partial charge in [-0.3, -0.25) is 0 Å². The number of rotatable bonds is 5. The minimum Gasteiger partial charge on any atom is -0.388 e. The van der Waals surface area contributed by atoms with Crippen molar-refractivity contribution in [2.24, 2.45) is 0 Å². The predicted molar refractivity (Wildman–Crippen MR) is 68.2 cm³/mol. The number of hydrogen-bond acceptors (Lipinski definition) is 5. The van der Waals surface area contributed by atoms with Gasteiger partial charge in [-0.05, 0) is 6.42 Å². The highest BCUT2D eigenvalue weighted by molar-refractivity contribution is 7.09. The van der Waals surface area contributed by atoms with Crippen molar-refractivity contribution in [2.45, 2.75) is 38.3 Å². The Morgan fingerprint density at radius 1 is 1.53 bits per heavy atom. The second-order valence-corrected chi connectivity index (χ2v) is 5.47. The molecule has 1 aliphatic rings. The smallest absolute Gasteiger partial charge is 0.0926 e. The Morgan fingerprint density at radius 3 is 2.94 bits per heavy atom. The first-order valence-corrected chi connectivity index (χ1v) is 7.04. The summed E-state index contributed by atoms with van der Waals surface area (Å²) in [6.07, 6.45) is 2.43. The maximum absolute atomic E-state index is 10.2. The van der Waals surface area contributed by atoms with Gasteiger partial charge in [0, 0.05) is 44.5 Å². The highest BCUT2D eigenvalue weighted by Crippen LogP contribution is 2.19. The van der Waals surface area contributed by atoms with Crippen LogP contribution in [0.25, 0.3) is 0 Å².